The molecule has 0 spiro atoms. The SMILES string of the molecule is CCN(Cc1nc(N)nc(N(C)C)n1)CC1CCCCN1. The number of nitrogens with zero attached hydrogens (tertiary/aromatic N) is 5. The van der Waals surface area contributed by atoms with Gasteiger partial charge in [-0.2, -0.15) is 15.0 Å². The second kappa shape index (κ2) is 7.51. The lowest BCUT2D eigenvalue weighted by atomic mass is 10.0. The van der Waals surface area contributed by atoms with Gasteiger partial charge in [-0.25, -0.2) is 0 Å². The molecule has 118 valence electrons. The van der Waals surface area contributed by atoms with Crippen LogP contribution in [0.4, 0.5) is 11.9 Å². The van der Waals surface area contributed by atoms with Crippen LogP contribution in [0.25, 0.3) is 0 Å². The summed E-state index contributed by atoms with van der Waals surface area (Å²) in [5.74, 6) is 1.64. The first-order valence-electron chi connectivity index (χ1n) is 7.72. The summed E-state index contributed by atoms with van der Waals surface area (Å²) < 4.78 is 0. The Morgan fingerprint density at radius 2 is 2.05 bits per heavy atom. The molecule has 1 aliphatic rings. The molecule has 1 aliphatic heterocycles. The van der Waals surface area contributed by atoms with Gasteiger partial charge in [0.1, 0.15) is 5.82 Å². The van der Waals surface area contributed by atoms with E-state index in [1.807, 2.05) is 19.0 Å². The maximum absolute atomic E-state index is 5.78. The maximum Gasteiger partial charge on any atom is 0.229 e. The summed E-state index contributed by atoms with van der Waals surface area (Å²) in [5, 5.41) is 3.58. The zero-order valence-corrected chi connectivity index (χ0v) is 13.3. The van der Waals surface area contributed by atoms with E-state index in [0.29, 0.717) is 18.5 Å². The van der Waals surface area contributed by atoms with Crippen molar-refractivity contribution in [3.63, 3.8) is 0 Å². The van der Waals surface area contributed by atoms with Crippen molar-refractivity contribution in [3.05, 3.63) is 5.82 Å². The largest absolute Gasteiger partial charge is 0.368 e. The summed E-state index contributed by atoms with van der Waals surface area (Å²) in [5.41, 5.74) is 5.78. The van der Waals surface area contributed by atoms with Crippen LogP contribution in [0, 0.1) is 0 Å². The van der Waals surface area contributed by atoms with Crippen molar-refractivity contribution in [3.8, 4) is 0 Å². The van der Waals surface area contributed by atoms with E-state index >= 15 is 0 Å². The van der Waals surface area contributed by atoms with Crippen LogP contribution in [0.5, 0.6) is 0 Å². The summed E-state index contributed by atoms with van der Waals surface area (Å²) >= 11 is 0. The molecular weight excluding hydrogens is 266 g/mol. The van der Waals surface area contributed by atoms with Crippen molar-refractivity contribution >= 4 is 11.9 Å². The Morgan fingerprint density at radius 3 is 2.67 bits per heavy atom. The predicted octanol–water partition coefficient (Wildman–Crippen LogP) is 0.484. The highest BCUT2D eigenvalue weighted by atomic mass is 15.3. The minimum Gasteiger partial charge on any atom is -0.368 e. The summed E-state index contributed by atoms with van der Waals surface area (Å²) in [6, 6.07) is 0.575. The quantitative estimate of drug-likeness (QED) is 0.789. The van der Waals surface area contributed by atoms with Crippen LogP contribution < -0.4 is 16.0 Å². The second-order valence-corrected chi connectivity index (χ2v) is 5.78. The molecule has 0 aliphatic carbocycles. The van der Waals surface area contributed by atoms with E-state index in [9.17, 15) is 0 Å². The topological polar surface area (TPSA) is 83.2 Å². The van der Waals surface area contributed by atoms with Crippen LogP contribution in [0.2, 0.25) is 0 Å². The van der Waals surface area contributed by atoms with Gasteiger partial charge in [-0.3, -0.25) is 4.90 Å². The highest BCUT2D eigenvalue weighted by Crippen LogP contribution is 2.11. The molecule has 7 nitrogen and oxygen atoms in total. The van der Waals surface area contributed by atoms with E-state index in [4.69, 9.17) is 5.73 Å². The van der Waals surface area contributed by atoms with Crippen molar-refractivity contribution in [2.45, 2.75) is 38.8 Å². The molecule has 1 atom stereocenters. The van der Waals surface area contributed by atoms with Gasteiger partial charge in [0.25, 0.3) is 0 Å². The van der Waals surface area contributed by atoms with Crippen LogP contribution in [0.3, 0.4) is 0 Å². The summed E-state index contributed by atoms with van der Waals surface area (Å²) in [7, 11) is 3.81. The molecule has 2 rings (SSSR count). The van der Waals surface area contributed by atoms with Crippen LogP contribution >= 0.6 is 0 Å². The van der Waals surface area contributed by atoms with Crippen molar-refractivity contribution in [1.82, 2.24) is 25.2 Å². The number of aromatic nitrogens is 3. The molecule has 21 heavy (non-hydrogen) atoms. The lowest BCUT2D eigenvalue weighted by Gasteiger charge is -2.29. The number of nitrogens with one attached hydrogen (secondary N) is 1. The minimum absolute atomic E-state index is 0.288. The zero-order valence-electron chi connectivity index (χ0n) is 13.3. The number of hydrogen-bond acceptors (Lipinski definition) is 7. The van der Waals surface area contributed by atoms with Gasteiger partial charge < -0.3 is 16.0 Å². The Balaban J connectivity index is 2.00. The Hall–Kier alpha value is -1.47. The van der Waals surface area contributed by atoms with Gasteiger partial charge >= 0.3 is 0 Å². The molecule has 7 heteroatoms. The third kappa shape index (κ3) is 4.78. The molecular formula is C14H27N7. The van der Waals surface area contributed by atoms with E-state index in [2.05, 4.69) is 32.1 Å². The van der Waals surface area contributed by atoms with Gasteiger partial charge in [-0.05, 0) is 25.9 Å². The molecule has 1 saturated heterocycles. The van der Waals surface area contributed by atoms with E-state index in [1.54, 1.807) is 0 Å². The fourth-order valence-electron chi connectivity index (χ4n) is 2.59. The summed E-state index contributed by atoms with van der Waals surface area (Å²) in [6.45, 7) is 6.01. The number of anilines is 2. The van der Waals surface area contributed by atoms with Gasteiger partial charge in [-0.15, -0.1) is 0 Å². The highest BCUT2D eigenvalue weighted by molar-refractivity contribution is 5.32. The Kier molecular flexibility index (Phi) is 5.69. The number of nitrogen functional groups attached to an aromatic ring is 1. The molecule has 0 radical (unpaired) electrons. The molecule has 0 saturated carbocycles. The third-order valence-corrected chi connectivity index (χ3v) is 3.79. The first-order chi connectivity index (χ1) is 10.1. The summed E-state index contributed by atoms with van der Waals surface area (Å²) in [6.07, 6.45) is 3.86. The maximum atomic E-state index is 5.78. The van der Waals surface area contributed by atoms with Crippen LogP contribution in [-0.2, 0) is 6.54 Å². The molecule has 1 unspecified atom stereocenters. The fourth-order valence-corrected chi connectivity index (χ4v) is 2.59. The van der Waals surface area contributed by atoms with Gasteiger partial charge in [0.05, 0.1) is 6.54 Å². The lowest BCUT2D eigenvalue weighted by molar-refractivity contribution is 0.222. The average Bonchev–Trinajstić information content (AvgIpc) is 2.47. The molecule has 0 bridgehead atoms. The first kappa shape index (κ1) is 15.9. The van der Waals surface area contributed by atoms with Gasteiger partial charge in [0.2, 0.25) is 11.9 Å². The number of hydrogen-bond donors (Lipinski definition) is 2. The van der Waals surface area contributed by atoms with Crippen molar-refractivity contribution in [2.24, 2.45) is 0 Å². The van der Waals surface area contributed by atoms with Crippen molar-refractivity contribution < 1.29 is 0 Å². The van der Waals surface area contributed by atoms with Crippen LogP contribution in [0.15, 0.2) is 0 Å². The van der Waals surface area contributed by atoms with E-state index < -0.39 is 0 Å². The van der Waals surface area contributed by atoms with Crippen LogP contribution in [0.1, 0.15) is 32.0 Å². The number of likely N-dealkylation sites (N-methyl/N-ethyl adjacent to an activating group) is 1. The predicted molar refractivity (Wildman–Crippen MR) is 85.2 cm³/mol. The molecule has 1 aromatic heterocycles. The average molecular weight is 293 g/mol. The van der Waals surface area contributed by atoms with Gasteiger partial charge in [0.15, 0.2) is 0 Å². The number of rotatable bonds is 6. The number of piperidine rings is 1. The standard InChI is InChI=1S/C14H27N7/c1-4-21(9-11-7-5-6-8-16-11)10-12-17-13(15)19-14(18-12)20(2)3/h11,16H,4-10H2,1-3H3,(H2,15,17,18,19). The molecule has 0 amide bonds. The lowest BCUT2D eigenvalue weighted by Crippen LogP contribution is -2.43. The molecule has 3 N–H and O–H groups in total. The fraction of sp³-hybridized carbons (Fsp3) is 0.786. The zero-order chi connectivity index (χ0) is 15.2. The van der Waals surface area contributed by atoms with Crippen molar-refractivity contribution in [1.29, 1.82) is 0 Å². The molecule has 2 heterocycles. The minimum atomic E-state index is 0.288. The second-order valence-electron chi connectivity index (χ2n) is 5.78. The molecule has 1 fully saturated rings. The Labute approximate surface area is 127 Å². The van der Waals surface area contributed by atoms with Crippen LogP contribution in [-0.4, -0.2) is 59.6 Å². The smallest absolute Gasteiger partial charge is 0.229 e. The molecule has 0 aromatic carbocycles. The van der Waals surface area contributed by atoms with Gasteiger partial charge in [0, 0.05) is 26.7 Å². The van der Waals surface area contributed by atoms with E-state index in [1.165, 1.54) is 19.3 Å². The number of nitrogens with two attached hydrogens (primary N) is 1. The van der Waals surface area contributed by atoms with Crippen molar-refractivity contribution in [2.75, 3.05) is 44.4 Å². The molecule has 1 aromatic rings. The normalized spacial score (nSPS) is 19.0. The third-order valence-electron chi connectivity index (χ3n) is 3.79. The highest BCUT2D eigenvalue weighted by Gasteiger charge is 2.17. The monoisotopic (exact) mass is 293 g/mol. The first-order valence-corrected chi connectivity index (χ1v) is 7.72. The summed E-state index contributed by atoms with van der Waals surface area (Å²) in [4.78, 5) is 17.1. The van der Waals surface area contributed by atoms with Gasteiger partial charge in [-0.1, -0.05) is 13.3 Å². The van der Waals surface area contributed by atoms with E-state index in [-0.39, 0.29) is 5.95 Å². The Morgan fingerprint density at radius 1 is 1.24 bits per heavy atom. The Bertz CT molecular complexity index is 443. The van der Waals surface area contributed by atoms with E-state index in [0.717, 1.165) is 25.5 Å².